The summed E-state index contributed by atoms with van der Waals surface area (Å²) in [5.74, 6) is 1.02. The van der Waals surface area contributed by atoms with Crippen LogP contribution in [0.25, 0.3) is 0 Å². The van der Waals surface area contributed by atoms with Crippen LogP contribution in [-0.2, 0) is 4.74 Å². The van der Waals surface area contributed by atoms with Crippen molar-refractivity contribution in [1.82, 2.24) is 0 Å². The molecule has 1 aliphatic rings. The van der Waals surface area contributed by atoms with Gasteiger partial charge in [-0.1, -0.05) is 0 Å². The molecule has 50 valence electrons. The molecule has 1 aliphatic heterocycles. The summed E-state index contributed by atoms with van der Waals surface area (Å²) in [7, 11) is 0. The molecule has 1 rings (SSSR count). The predicted molar refractivity (Wildman–Crippen MR) is 38.1 cm³/mol. The quantitative estimate of drug-likeness (QED) is 0.481. The van der Waals surface area contributed by atoms with Crippen molar-refractivity contribution in [2.24, 2.45) is 0 Å². The van der Waals surface area contributed by atoms with Gasteiger partial charge in [0.15, 0.2) is 0 Å². The Bertz CT molecular complexity index is 165. The minimum absolute atomic E-state index is 0.259. The zero-order valence-electron chi connectivity index (χ0n) is 6.14. The van der Waals surface area contributed by atoms with E-state index in [-0.39, 0.29) is 6.10 Å². The van der Waals surface area contributed by atoms with Crippen molar-refractivity contribution in [3.8, 4) is 0 Å². The van der Waals surface area contributed by atoms with Crippen LogP contribution in [0, 0.1) is 0 Å². The lowest BCUT2D eigenvalue weighted by molar-refractivity contribution is 0.166. The third-order valence-corrected chi connectivity index (χ3v) is 1.30. The number of rotatable bonds is 0. The van der Waals surface area contributed by atoms with Gasteiger partial charge in [-0.25, -0.2) is 0 Å². The molecule has 0 bridgehead atoms. The Kier molecular flexibility index (Phi) is 1.60. The number of hydrogen-bond donors (Lipinski definition) is 0. The molecule has 0 N–H and O–H groups in total. The minimum Gasteiger partial charge on any atom is -0.491 e. The fraction of sp³-hybridized carbons (Fsp3) is 0.500. The topological polar surface area (TPSA) is 9.23 Å². The summed E-state index contributed by atoms with van der Waals surface area (Å²) in [6.45, 7) is 6.11. The zero-order valence-corrected chi connectivity index (χ0v) is 6.14. The Hall–Kier alpha value is -0.720. The molecule has 1 heterocycles. The summed E-state index contributed by atoms with van der Waals surface area (Å²) >= 11 is 0. The van der Waals surface area contributed by atoms with Gasteiger partial charge in [-0.05, 0) is 38.5 Å². The minimum atomic E-state index is 0.259. The van der Waals surface area contributed by atoms with Crippen LogP contribution in [0.15, 0.2) is 23.5 Å². The van der Waals surface area contributed by atoms with Gasteiger partial charge in [-0.2, -0.15) is 0 Å². The molecular formula is C8H12O. The molecule has 1 heteroatoms. The van der Waals surface area contributed by atoms with E-state index in [9.17, 15) is 0 Å². The molecule has 0 amide bonds. The maximum absolute atomic E-state index is 5.34. The van der Waals surface area contributed by atoms with E-state index in [2.05, 4.69) is 13.0 Å². The van der Waals surface area contributed by atoms with Gasteiger partial charge in [0.25, 0.3) is 0 Å². The highest BCUT2D eigenvalue weighted by molar-refractivity contribution is 5.22. The lowest BCUT2D eigenvalue weighted by Crippen LogP contribution is -2.07. The maximum atomic E-state index is 5.34. The van der Waals surface area contributed by atoms with Crippen molar-refractivity contribution in [1.29, 1.82) is 0 Å². The second kappa shape index (κ2) is 2.26. The average molecular weight is 124 g/mol. The van der Waals surface area contributed by atoms with E-state index in [0.29, 0.717) is 0 Å². The van der Waals surface area contributed by atoms with Crippen LogP contribution in [0.2, 0.25) is 0 Å². The lowest BCUT2D eigenvalue weighted by atomic mass is 10.2. The van der Waals surface area contributed by atoms with Crippen LogP contribution in [0.3, 0.4) is 0 Å². The van der Waals surface area contributed by atoms with Gasteiger partial charge in [-0.3, -0.25) is 0 Å². The number of allylic oxidation sites excluding steroid dienone is 3. The van der Waals surface area contributed by atoms with Gasteiger partial charge in [-0.15, -0.1) is 0 Å². The third-order valence-electron chi connectivity index (χ3n) is 1.30. The predicted octanol–water partition coefficient (Wildman–Crippen LogP) is 2.26. The highest BCUT2D eigenvalue weighted by atomic mass is 16.5. The van der Waals surface area contributed by atoms with E-state index in [1.165, 1.54) is 5.57 Å². The summed E-state index contributed by atoms with van der Waals surface area (Å²) in [5.41, 5.74) is 1.30. The van der Waals surface area contributed by atoms with Gasteiger partial charge in [0.2, 0.25) is 0 Å². The maximum Gasteiger partial charge on any atom is 0.114 e. The monoisotopic (exact) mass is 124 g/mol. The van der Waals surface area contributed by atoms with Crippen molar-refractivity contribution in [3.63, 3.8) is 0 Å². The Morgan fingerprint density at radius 2 is 2.11 bits per heavy atom. The highest BCUT2D eigenvalue weighted by Crippen LogP contribution is 2.14. The normalized spacial score (nSPS) is 26.3. The van der Waals surface area contributed by atoms with Crippen LogP contribution in [0.4, 0.5) is 0 Å². The van der Waals surface area contributed by atoms with Crippen LogP contribution in [0.5, 0.6) is 0 Å². The van der Waals surface area contributed by atoms with E-state index in [0.717, 1.165) is 5.76 Å². The average Bonchev–Trinajstić information content (AvgIpc) is 1.59. The fourth-order valence-corrected chi connectivity index (χ4v) is 1.10. The van der Waals surface area contributed by atoms with Crippen molar-refractivity contribution in [2.75, 3.05) is 0 Å². The van der Waals surface area contributed by atoms with Gasteiger partial charge < -0.3 is 4.74 Å². The fourth-order valence-electron chi connectivity index (χ4n) is 1.10. The standard InChI is InChI=1S/C8H12O/c1-6-4-7(2)9-8(3)5-6/h4-5,7H,1-3H3. The molecule has 1 unspecified atom stereocenters. The van der Waals surface area contributed by atoms with E-state index in [4.69, 9.17) is 4.74 Å². The molecule has 0 saturated carbocycles. The summed E-state index contributed by atoms with van der Waals surface area (Å²) in [5, 5.41) is 0. The summed E-state index contributed by atoms with van der Waals surface area (Å²) < 4.78 is 5.34. The second-order valence-corrected chi connectivity index (χ2v) is 2.49. The lowest BCUT2D eigenvalue weighted by Gasteiger charge is -2.16. The molecular weight excluding hydrogens is 112 g/mol. The van der Waals surface area contributed by atoms with E-state index >= 15 is 0 Å². The molecule has 0 radical (unpaired) electrons. The van der Waals surface area contributed by atoms with Crippen molar-refractivity contribution >= 4 is 0 Å². The molecule has 9 heavy (non-hydrogen) atoms. The second-order valence-electron chi connectivity index (χ2n) is 2.49. The first kappa shape index (κ1) is 6.40. The molecule has 0 aromatic heterocycles. The van der Waals surface area contributed by atoms with Crippen LogP contribution < -0.4 is 0 Å². The summed E-state index contributed by atoms with van der Waals surface area (Å²) in [6, 6.07) is 0. The Labute approximate surface area is 56.0 Å². The molecule has 1 atom stereocenters. The van der Waals surface area contributed by atoms with E-state index in [1.807, 2.05) is 19.9 Å². The van der Waals surface area contributed by atoms with Gasteiger partial charge in [0.05, 0.1) is 5.76 Å². The molecule has 0 spiro atoms. The number of hydrogen-bond acceptors (Lipinski definition) is 1. The summed E-state index contributed by atoms with van der Waals surface area (Å²) in [6.07, 6.45) is 4.41. The molecule has 0 aliphatic carbocycles. The van der Waals surface area contributed by atoms with E-state index < -0.39 is 0 Å². The largest absolute Gasteiger partial charge is 0.491 e. The van der Waals surface area contributed by atoms with Crippen LogP contribution in [0.1, 0.15) is 20.8 Å². The van der Waals surface area contributed by atoms with Crippen LogP contribution >= 0.6 is 0 Å². The number of ether oxygens (including phenoxy) is 1. The smallest absolute Gasteiger partial charge is 0.114 e. The van der Waals surface area contributed by atoms with Crippen molar-refractivity contribution in [3.05, 3.63) is 23.5 Å². The first-order valence-electron chi connectivity index (χ1n) is 3.22. The summed E-state index contributed by atoms with van der Waals surface area (Å²) in [4.78, 5) is 0. The molecule has 0 saturated heterocycles. The molecule has 1 nitrogen and oxygen atoms in total. The SMILES string of the molecule is CC1=CC(C)OC(C)=C1. The first-order chi connectivity index (χ1) is 4.18. The third kappa shape index (κ3) is 1.60. The Balaban J connectivity index is 2.74. The van der Waals surface area contributed by atoms with Gasteiger partial charge >= 0.3 is 0 Å². The first-order valence-corrected chi connectivity index (χ1v) is 3.22. The van der Waals surface area contributed by atoms with Crippen LogP contribution in [-0.4, -0.2) is 6.10 Å². The Morgan fingerprint density at radius 3 is 2.56 bits per heavy atom. The molecule has 0 aromatic rings. The van der Waals surface area contributed by atoms with Crippen molar-refractivity contribution in [2.45, 2.75) is 26.9 Å². The molecule has 0 aromatic carbocycles. The van der Waals surface area contributed by atoms with Crippen molar-refractivity contribution < 1.29 is 4.74 Å². The zero-order chi connectivity index (χ0) is 6.85. The highest BCUT2D eigenvalue weighted by Gasteiger charge is 2.04. The van der Waals surface area contributed by atoms with Gasteiger partial charge in [0, 0.05) is 0 Å². The van der Waals surface area contributed by atoms with Gasteiger partial charge in [0.1, 0.15) is 6.10 Å². The Morgan fingerprint density at radius 1 is 1.44 bits per heavy atom. The van der Waals surface area contributed by atoms with E-state index in [1.54, 1.807) is 0 Å². The molecule has 0 fully saturated rings.